The monoisotopic (exact) mass is 433 g/mol. The van der Waals surface area contributed by atoms with E-state index in [-0.39, 0.29) is 18.1 Å². The summed E-state index contributed by atoms with van der Waals surface area (Å²) in [6, 6.07) is 3.71. The molecule has 0 radical (unpaired) electrons. The molecule has 1 fully saturated rings. The van der Waals surface area contributed by atoms with Crippen LogP contribution in [0.2, 0.25) is 0 Å². The predicted molar refractivity (Wildman–Crippen MR) is 122 cm³/mol. The summed E-state index contributed by atoms with van der Waals surface area (Å²) in [7, 11) is 0. The van der Waals surface area contributed by atoms with E-state index in [1.54, 1.807) is 16.0 Å². The first-order valence-electron chi connectivity index (χ1n) is 11.2. The van der Waals surface area contributed by atoms with Gasteiger partial charge in [0.25, 0.3) is 0 Å². The molecular formula is C24H39N3O4. The number of pyridine rings is 1. The third-order valence-corrected chi connectivity index (χ3v) is 4.72. The average Bonchev–Trinajstić information content (AvgIpc) is 2.63. The molecule has 7 nitrogen and oxygen atoms in total. The number of anilines is 1. The second-order valence-corrected chi connectivity index (χ2v) is 10.6. The summed E-state index contributed by atoms with van der Waals surface area (Å²) in [5.41, 5.74) is -0.170. The topological polar surface area (TPSA) is 72.0 Å². The zero-order chi connectivity index (χ0) is 23.4. The van der Waals surface area contributed by atoms with Gasteiger partial charge in [0.1, 0.15) is 17.0 Å². The van der Waals surface area contributed by atoms with Crippen LogP contribution in [0.4, 0.5) is 15.4 Å². The third kappa shape index (κ3) is 7.71. The lowest BCUT2D eigenvalue weighted by Gasteiger charge is -2.37. The first-order chi connectivity index (χ1) is 14.3. The minimum absolute atomic E-state index is 0.0785. The van der Waals surface area contributed by atoms with E-state index in [4.69, 9.17) is 9.47 Å². The Kier molecular flexibility index (Phi) is 7.95. The lowest BCUT2D eigenvalue weighted by atomic mass is 9.97. The molecular weight excluding hydrogens is 394 g/mol. The predicted octanol–water partition coefficient (Wildman–Crippen LogP) is 5.94. The molecule has 2 amide bonds. The summed E-state index contributed by atoms with van der Waals surface area (Å²) in [4.78, 5) is 33.4. The van der Waals surface area contributed by atoms with Gasteiger partial charge < -0.3 is 14.4 Å². The van der Waals surface area contributed by atoms with Crippen LogP contribution in [0.1, 0.15) is 86.3 Å². The van der Waals surface area contributed by atoms with Crippen LogP contribution >= 0.6 is 0 Å². The van der Waals surface area contributed by atoms with Gasteiger partial charge >= 0.3 is 12.2 Å². The number of amides is 2. The maximum atomic E-state index is 12.7. The molecule has 1 aliphatic rings. The molecule has 0 aliphatic carbocycles. The Balaban J connectivity index is 2.24. The van der Waals surface area contributed by atoms with Crippen molar-refractivity contribution in [3.05, 3.63) is 23.9 Å². The lowest BCUT2D eigenvalue weighted by Crippen LogP contribution is -2.42. The number of hydrogen-bond donors (Lipinski definition) is 0. The Morgan fingerprint density at radius 1 is 1.10 bits per heavy atom. The third-order valence-electron chi connectivity index (χ3n) is 4.72. The van der Waals surface area contributed by atoms with Gasteiger partial charge in [-0.3, -0.25) is 4.90 Å². The van der Waals surface area contributed by atoms with E-state index in [0.717, 1.165) is 24.8 Å². The SMILES string of the molecule is CC(C)CN(C(=O)OC(C)(C)C)c1ccc([C@H]2CCCCN2C(=O)OC(C)(C)C)cn1. The van der Waals surface area contributed by atoms with Crippen LogP contribution < -0.4 is 4.90 Å². The molecule has 1 aliphatic heterocycles. The van der Waals surface area contributed by atoms with E-state index in [0.29, 0.717) is 18.9 Å². The largest absolute Gasteiger partial charge is 0.444 e. The van der Waals surface area contributed by atoms with Crippen LogP contribution in [0, 0.1) is 5.92 Å². The fourth-order valence-electron chi connectivity index (χ4n) is 3.52. The molecule has 0 N–H and O–H groups in total. The Hall–Kier alpha value is -2.31. The molecule has 1 atom stereocenters. The normalized spacial score (nSPS) is 17.5. The van der Waals surface area contributed by atoms with Crippen LogP contribution in [-0.4, -0.2) is 46.4 Å². The number of likely N-dealkylation sites (tertiary alicyclic amines) is 1. The zero-order valence-corrected chi connectivity index (χ0v) is 20.4. The minimum Gasteiger partial charge on any atom is -0.444 e. The first-order valence-corrected chi connectivity index (χ1v) is 11.2. The van der Waals surface area contributed by atoms with Crippen LogP contribution in [0.15, 0.2) is 18.3 Å². The van der Waals surface area contributed by atoms with E-state index in [9.17, 15) is 9.59 Å². The van der Waals surface area contributed by atoms with Gasteiger partial charge in [-0.05, 0) is 78.4 Å². The van der Waals surface area contributed by atoms with Crippen LogP contribution in [0.25, 0.3) is 0 Å². The molecule has 0 bridgehead atoms. The summed E-state index contributed by atoms with van der Waals surface area (Å²) in [5.74, 6) is 0.807. The molecule has 0 unspecified atom stereocenters. The zero-order valence-electron chi connectivity index (χ0n) is 20.4. The summed E-state index contributed by atoms with van der Waals surface area (Å²) in [6.07, 6.45) is 3.93. The second-order valence-electron chi connectivity index (χ2n) is 10.6. The number of ether oxygens (including phenoxy) is 2. The van der Waals surface area contributed by atoms with Crippen LogP contribution in [-0.2, 0) is 9.47 Å². The van der Waals surface area contributed by atoms with Crippen molar-refractivity contribution < 1.29 is 19.1 Å². The van der Waals surface area contributed by atoms with E-state index in [1.807, 2.05) is 67.5 Å². The van der Waals surface area contributed by atoms with Crippen molar-refractivity contribution in [2.75, 3.05) is 18.0 Å². The molecule has 2 rings (SSSR count). The van der Waals surface area contributed by atoms with Gasteiger partial charge in [-0.25, -0.2) is 14.6 Å². The molecule has 174 valence electrons. The van der Waals surface area contributed by atoms with Gasteiger partial charge in [-0.2, -0.15) is 0 Å². The fraction of sp³-hybridized carbons (Fsp3) is 0.708. The quantitative estimate of drug-likeness (QED) is 0.587. The smallest absolute Gasteiger partial charge is 0.416 e. The molecule has 0 saturated carbocycles. The number of rotatable bonds is 4. The lowest BCUT2D eigenvalue weighted by molar-refractivity contribution is 0.00947. The van der Waals surface area contributed by atoms with Crippen molar-refractivity contribution in [2.45, 2.75) is 91.9 Å². The highest BCUT2D eigenvalue weighted by atomic mass is 16.6. The molecule has 0 aromatic carbocycles. The van der Waals surface area contributed by atoms with Crippen molar-refractivity contribution in [3.8, 4) is 0 Å². The molecule has 31 heavy (non-hydrogen) atoms. The second kappa shape index (κ2) is 9.88. The Bertz CT molecular complexity index is 748. The van der Waals surface area contributed by atoms with Crippen LogP contribution in [0.5, 0.6) is 0 Å². The number of carbonyl (C=O) groups is 2. The number of carbonyl (C=O) groups excluding carboxylic acids is 2. The number of piperidine rings is 1. The van der Waals surface area contributed by atoms with Crippen molar-refractivity contribution in [1.82, 2.24) is 9.88 Å². The van der Waals surface area contributed by atoms with Gasteiger partial charge in [0.05, 0.1) is 6.04 Å². The number of nitrogens with zero attached hydrogens (tertiary/aromatic N) is 3. The highest BCUT2D eigenvalue weighted by molar-refractivity contribution is 5.86. The van der Waals surface area contributed by atoms with E-state index in [2.05, 4.69) is 4.98 Å². The van der Waals surface area contributed by atoms with E-state index < -0.39 is 17.3 Å². The summed E-state index contributed by atoms with van der Waals surface area (Å²) < 4.78 is 11.2. The van der Waals surface area contributed by atoms with Gasteiger partial charge in [-0.15, -0.1) is 0 Å². The van der Waals surface area contributed by atoms with Crippen molar-refractivity contribution in [3.63, 3.8) is 0 Å². The molecule has 1 aromatic heterocycles. The molecule has 1 saturated heterocycles. The number of aromatic nitrogens is 1. The number of hydrogen-bond acceptors (Lipinski definition) is 5. The van der Waals surface area contributed by atoms with Crippen molar-refractivity contribution in [1.29, 1.82) is 0 Å². The van der Waals surface area contributed by atoms with Crippen LogP contribution in [0.3, 0.4) is 0 Å². The van der Waals surface area contributed by atoms with Gasteiger partial charge in [-0.1, -0.05) is 19.9 Å². The maximum Gasteiger partial charge on any atom is 0.416 e. The van der Waals surface area contributed by atoms with Gasteiger partial charge in [0.15, 0.2) is 0 Å². The molecule has 0 spiro atoms. The van der Waals surface area contributed by atoms with Crippen molar-refractivity contribution >= 4 is 18.0 Å². The summed E-state index contributed by atoms with van der Waals surface area (Å²) in [6.45, 7) is 16.4. The minimum atomic E-state index is -0.581. The van der Waals surface area contributed by atoms with Crippen molar-refractivity contribution in [2.24, 2.45) is 5.92 Å². The van der Waals surface area contributed by atoms with Gasteiger partial charge in [0.2, 0.25) is 0 Å². The maximum absolute atomic E-state index is 12.7. The molecule has 1 aromatic rings. The Morgan fingerprint density at radius 2 is 1.74 bits per heavy atom. The fourth-order valence-corrected chi connectivity index (χ4v) is 3.52. The summed E-state index contributed by atoms with van der Waals surface area (Å²) >= 11 is 0. The first kappa shape index (κ1) is 25.0. The Labute approximate surface area is 187 Å². The van der Waals surface area contributed by atoms with Gasteiger partial charge in [0, 0.05) is 19.3 Å². The van der Waals surface area contributed by atoms with E-state index >= 15 is 0 Å². The Morgan fingerprint density at radius 3 is 2.26 bits per heavy atom. The average molecular weight is 434 g/mol. The standard InChI is InChI=1S/C24H39N3O4/c1-17(2)16-27(22(29)31-24(6,7)8)20-13-12-18(15-25-20)19-11-9-10-14-26(19)21(28)30-23(3,4)5/h12-13,15,17,19H,9-11,14,16H2,1-8H3/t19-/m1/s1. The molecule has 2 heterocycles. The highest BCUT2D eigenvalue weighted by Gasteiger charge is 2.32. The summed E-state index contributed by atoms with van der Waals surface area (Å²) in [5, 5.41) is 0. The highest BCUT2D eigenvalue weighted by Crippen LogP contribution is 2.32. The molecule has 7 heteroatoms. The van der Waals surface area contributed by atoms with E-state index in [1.165, 1.54) is 0 Å².